The highest BCUT2D eigenvalue weighted by Gasteiger charge is 2.21. The lowest BCUT2D eigenvalue weighted by atomic mass is 10.2. The van der Waals surface area contributed by atoms with Gasteiger partial charge in [0.25, 0.3) is 0 Å². The number of carbonyl (C=O) groups excluding carboxylic acids is 1. The van der Waals surface area contributed by atoms with Gasteiger partial charge in [-0.3, -0.25) is 4.79 Å². The molecule has 0 aliphatic carbocycles. The average Bonchev–Trinajstić information content (AvgIpc) is 2.35. The molecule has 0 radical (unpaired) electrons. The van der Waals surface area contributed by atoms with Crippen molar-refractivity contribution in [2.45, 2.75) is 36.8 Å². The third-order valence-electron chi connectivity index (χ3n) is 2.42. The summed E-state index contributed by atoms with van der Waals surface area (Å²) < 4.78 is 18.9. The Bertz CT molecular complexity index is 457. The molecule has 0 heterocycles. The Morgan fingerprint density at radius 2 is 2.21 bits per heavy atom. The first-order valence-corrected chi connectivity index (χ1v) is 7.74. The van der Waals surface area contributed by atoms with Gasteiger partial charge in [0.05, 0.1) is 12.3 Å². The molecule has 1 atom stereocenters. The topological polar surface area (TPSA) is 52.3 Å². The fraction of sp³-hybridized carbons (Fsp3) is 0.462. The maximum absolute atomic E-state index is 13.3. The molecule has 19 heavy (non-hydrogen) atoms. The number of nitrogen functional groups attached to an aromatic ring is 1. The first-order valence-electron chi connectivity index (χ1n) is 6.07. The Morgan fingerprint density at radius 1 is 1.53 bits per heavy atom. The maximum Gasteiger partial charge on any atom is 0.319 e. The molecular formula is C13H17BrFNO2S. The Labute approximate surface area is 125 Å². The minimum atomic E-state index is -0.473. The fourth-order valence-corrected chi connectivity index (χ4v) is 3.30. The van der Waals surface area contributed by atoms with Crippen molar-refractivity contribution in [1.29, 1.82) is 0 Å². The van der Waals surface area contributed by atoms with E-state index in [1.54, 1.807) is 6.92 Å². The molecule has 0 saturated carbocycles. The molecule has 0 fully saturated rings. The van der Waals surface area contributed by atoms with Crippen LogP contribution in [0, 0.1) is 5.82 Å². The molecule has 0 aliphatic rings. The summed E-state index contributed by atoms with van der Waals surface area (Å²) in [4.78, 5) is 12.6. The maximum atomic E-state index is 13.3. The largest absolute Gasteiger partial charge is 0.465 e. The second-order valence-corrected chi connectivity index (χ2v) is 6.05. The SMILES string of the molecule is CCCC(Sc1cc(N)c(F)cc1Br)C(=O)OCC. The predicted octanol–water partition coefficient (Wildman–Crippen LogP) is 3.99. The van der Waals surface area contributed by atoms with E-state index in [9.17, 15) is 9.18 Å². The van der Waals surface area contributed by atoms with Crippen LogP contribution in [0.5, 0.6) is 0 Å². The van der Waals surface area contributed by atoms with E-state index in [1.807, 2.05) is 6.92 Å². The monoisotopic (exact) mass is 349 g/mol. The summed E-state index contributed by atoms with van der Waals surface area (Å²) in [6.45, 7) is 4.13. The highest BCUT2D eigenvalue weighted by Crippen LogP contribution is 2.35. The summed E-state index contributed by atoms with van der Waals surface area (Å²) in [6.07, 6.45) is 1.57. The summed E-state index contributed by atoms with van der Waals surface area (Å²) in [7, 11) is 0. The van der Waals surface area contributed by atoms with Gasteiger partial charge in [0.2, 0.25) is 0 Å². The summed E-state index contributed by atoms with van der Waals surface area (Å²) in [5.74, 6) is -0.719. The first-order chi connectivity index (χ1) is 8.99. The van der Waals surface area contributed by atoms with E-state index in [-0.39, 0.29) is 16.9 Å². The van der Waals surface area contributed by atoms with E-state index in [0.29, 0.717) is 17.5 Å². The number of carbonyl (C=O) groups is 1. The van der Waals surface area contributed by atoms with Crippen LogP contribution in [0.15, 0.2) is 21.5 Å². The molecule has 0 aliphatic heterocycles. The van der Waals surface area contributed by atoms with Gasteiger partial charge in [0.1, 0.15) is 11.1 Å². The van der Waals surface area contributed by atoms with Gasteiger partial charge >= 0.3 is 5.97 Å². The van der Waals surface area contributed by atoms with E-state index >= 15 is 0 Å². The number of hydrogen-bond donors (Lipinski definition) is 1. The molecule has 0 saturated heterocycles. The minimum absolute atomic E-state index is 0.0739. The Morgan fingerprint density at radius 3 is 2.79 bits per heavy atom. The zero-order valence-corrected chi connectivity index (χ0v) is 13.3. The molecule has 1 rings (SSSR count). The number of ether oxygens (including phenoxy) is 1. The fourth-order valence-electron chi connectivity index (χ4n) is 1.51. The zero-order valence-electron chi connectivity index (χ0n) is 10.9. The number of anilines is 1. The van der Waals surface area contributed by atoms with Gasteiger partial charge in [-0.05, 0) is 41.4 Å². The summed E-state index contributed by atoms with van der Waals surface area (Å²) >= 11 is 4.62. The van der Waals surface area contributed by atoms with Gasteiger partial charge in [-0.1, -0.05) is 13.3 Å². The molecule has 6 heteroatoms. The molecular weight excluding hydrogens is 333 g/mol. The summed E-state index contributed by atoms with van der Waals surface area (Å²) in [6, 6.07) is 2.85. The average molecular weight is 350 g/mol. The minimum Gasteiger partial charge on any atom is -0.465 e. The molecule has 1 unspecified atom stereocenters. The lowest BCUT2D eigenvalue weighted by Gasteiger charge is -2.15. The molecule has 0 bridgehead atoms. The van der Waals surface area contributed by atoms with Gasteiger partial charge in [0.15, 0.2) is 0 Å². The molecule has 1 aromatic rings. The van der Waals surface area contributed by atoms with Crippen LogP contribution in [0.3, 0.4) is 0 Å². The third kappa shape index (κ3) is 4.69. The van der Waals surface area contributed by atoms with Crippen LogP contribution in [0.4, 0.5) is 10.1 Å². The molecule has 0 amide bonds. The Balaban J connectivity index is 2.90. The number of rotatable bonds is 6. The second kappa shape index (κ2) is 7.75. The van der Waals surface area contributed by atoms with Crippen LogP contribution < -0.4 is 5.73 Å². The normalized spacial score (nSPS) is 12.2. The Kier molecular flexibility index (Phi) is 6.65. The first kappa shape index (κ1) is 16.3. The van der Waals surface area contributed by atoms with Crippen LogP contribution in [0.1, 0.15) is 26.7 Å². The number of halogens is 2. The Hall–Kier alpha value is -0.750. The lowest BCUT2D eigenvalue weighted by molar-refractivity contribution is -0.142. The number of hydrogen-bond acceptors (Lipinski definition) is 4. The highest BCUT2D eigenvalue weighted by molar-refractivity contribution is 9.10. The van der Waals surface area contributed by atoms with Crippen molar-refractivity contribution in [3.8, 4) is 0 Å². The number of nitrogens with two attached hydrogens (primary N) is 1. The standard InChI is InChI=1S/C13H17BrFNO2S/c1-3-5-11(13(17)18-4-2)19-12-7-10(16)9(15)6-8(12)14/h6-7,11H,3-5,16H2,1-2H3. The number of esters is 1. The number of benzene rings is 1. The van der Waals surface area contributed by atoms with E-state index in [4.69, 9.17) is 10.5 Å². The van der Waals surface area contributed by atoms with Gasteiger partial charge in [-0.2, -0.15) is 0 Å². The van der Waals surface area contributed by atoms with Crippen LogP contribution >= 0.6 is 27.7 Å². The van der Waals surface area contributed by atoms with E-state index in [0.717, 1.165) is 11.3 Å². The zero-order chi connectivity index (χ0) is 14.4. The predicted molar refractivity (Wildman–Crippen MR) is 79.7 cm³/mol. The second-order valence-electron chi connectivity index (χ2n) is 3.95. The van der Waals surface area contributed by atoms with Crippen LogP contribution in [0.25, 0.3) is 0 Å². The summed E-state index contributed by atoms with van der Waals surface area (Å²) in [5, 5.41) is -0.300. The van der Waals surface area contributed by atoms with E-state index in [1.165, 1.54) is 23.9 Å². The van der Waals surface area contributed by atoms with Gasteiger partial charge in [-0.15, -0.1) is 11.8 Å². The quantitative estimate of drug-likeness (QED) is 0.479. The smallest absolute Gasteiger partial charge is 0.319 e. The van der Waals surface area contributed by atoms with Crippen molar-refractivity contribution in [2.75, 3.05) is 12.3 Å². The highest BCUT2D eigenvalue weighted by atomic mass is 79.9. The molecule has 106 valence electrons. The molecule has 0 spiro atoms. The molecule has 0 aromatic heterocycles. The van der Waals surface area contributed by atoms with Gasteiger partial charge in [0, 0.05) is 9.37 Å². The van der Waals surface area contributed by atoms with Gasteiger partial charge < -0.3 is 10.5 Å². The lowest BCUT2D eigenvalue weighted by Crippen LogP contribution is -2.20. The molecule has 3 nitrogen and oxygen atoms in total. The van der Waals surface area contributed by atoms with Crippen molar-refractivity contribution >= 4 is 39.3 Å². The van der Waals surface area contributed by atoms with Crippen molar-refractivity contribution in [1.82, 2.24) is 0 Å². The molecule has 2 N–H and O–H groups in total. The van der Waals surface area contributed by atoms with Crippen LogP contribution in [0.2, 0.25) is 0 Å². The van der Waals surface area contributed by atoms with Crippen LogP contribution in [-0.2, 0) is 9.53 Å². The van der Waals surface area contributed by atoms with Crippen molar-refractivity contribution in [3.05, 3.63) is 22.4 Å². The van der Waals surface area contributed by atoms with Gasteiger partial charge in [-0.25, -0.2) is 4.39 Å². The molecule has 1 aromatic carbocycles. The van der Waals surface area contributed by atoms with E-state index in [2.05, 4.69) is 15.9 Å². The third-order valence-corrected chi connectivity index (χ3v) is 4.64. The number of thioether (sulfide) groups is 1. The van der Waals surface area contributed by atoms with Crippen molar-refractivity contribution < 1.29 is 13.9 Å². The van der Waals surface area contributed by atoms with Crippen molar-refractivity contribution in [3.63, 3.8) is 0 Å². The van der Waals surface area contributed by atoms with E-state index < -0.39 is 5.82 Å². The van der Waals surface area contributed by atoms with Crippen LogP contribution in [-0.4, -0.2) is 17.8 Å². The van der Waals surface area contributed by atoms with Crippen molar-refractivity contribution in [2.24, 2.45) is 0 Å². The summed E-state index contributed by atoms with van der Waals surface area (Å²) in [5.41, 5.74) is 5.62.